The first-order chi connectivity index (χ1) is 8.39. The highest BCUT2D eigenvalue weighted by molar-refractivity contribution is 5.13. The molecule has 92 valence electrons. The number of ether oxygens (including phenoxy) is 3. The normalized spacial score (nSPS) is 26.7. The zero-order chi connectivity index (χ0) is 11.6. The fraction of sp³-hybridized carbons (Fsp3) is 0.571. The SMILES string of the molecule is c1ccc(COC2CCCC23OCCO3)cc1. The molecular weight excluding hydrogens is 216 g/mol. The van der Waals surface area contributed by atoms with E-state index in [0.717, 1.165) is 19.3 Å². The largest absolute Gasteiger partial charge is 0.368 e. The topological polar surface area (TPSA) is 27.7 Å². The van der Waals surface area contributed by atoms with Crippen LogP contribution in [0.5, 0.6) is 0 Å². The predicted molar refractivity (Wildman–Crippen MR) is 63.5 cm³/mol. The van der Waals surface area contributed by atoms with Crippen LogP contribution in [0.4, 0.5) is 0 Å². The van der Waals surface area contributed by atoms with Crippen molar-refractivity contribution in [2.45, 2.75) is 37.8 Å². The first kappa shape index (κ1) is 11.2. The van der Waals surface area contributed by atoms with Crippen molar-refractivity contribution in [3.63, 3.8) is 0 Å². The fourth-order valence-electron chi connectivity index (χ4n) is 2.70. The van der Waals surface area contributed by atoms with Gasteiger partial charge in [0.2, 0.25) is 0 Å². The van der Waals surface area contributed by atoms with Gasteiger partial charge in [0.1, 0.15) is 6.10 Å². The molecule has 1 saturated heterocycles. The smallest absolute Gasteiger partial charge is 0.194 e. The fourth-order valence-corrected chi connectivity index (χ4v) is 2.70. The maximum Gasteiger partial charge on any atom is 0.194 e. The molecule has 1 aliphatic carbocycles. The molecule has 1 aromatic carbocycles. The molecule has 3 nitrogen and oxygen atoms in total. The Hall–Kier alpha value is -0.900. The summed E-state index contributed by atoms with van der Waals surface area (Å²) in [4.78, 5) is 0. The van der Waals surface area contributed by atoms with E-state index < -0.39 is 5.79 Å². The van der Waals surface area contributed by atoms with Crippen LogP contribution < -0.4 is 0 Å². The molecule has 1 saturated carbocycles. The molecule has 1 atom stereocenters. The summed E-state index contributed by atoms with van der Waals surface area (Å²) >= 11 is 0. The number of hydrogen-bond donors (Lipinski definition) is 0. The van der Waals surface area contributed by atoms with E-state index in [1.54, 1.807) is 0 Å². The minimum Gasteiger partial charge on any atom is -0.368 e. The lowest BCUT2D eigenvalue weighted by Crippen LogP contribution is -2.40. The van der Waals surface area contributed by atoms with Crippen molar-refractivity contribution in [3.05, 3.63) is 35.9 Å². The van der Waals surface area contributed by atoms with Crippen LogP contribution in [0.3, 0.4) is 0 Å². The van der Waals surface area contributed by atoms with E-state index in [-0.39, 0.29) is 6.10 Å². The monoisotopic (exact) mass is 234 g/mol. The maximum atomic E-state index is 5.98. The highest BCUT2D eigenvalue weighted by Crippen LogP contribution is 2.39. The molecule has 3 rings (SSSR count). The van der Waals surface area contributed by atoms with Gasteiger partial charge in [0, 0.05) is 6.42 Å². The maximum absolute atomic E-state index is 5.98. The van der Waals surface area contributed by atoms with Gasteiger partial charge < -0.3 is 14.2 Å². The summed E-state index contributed by atoms with van der Waals surface area (Å²) in [5, 5.41) is 0. The molecule has 2 aliphatic rings. The Morgan fingerprint density at radius 2 is 1.94 bits per heavy atom. The highest BCUT2D eigenvalue weighted by Gasteiger charge is 2.48. The van der Waals surface area contributed by atoms with Gasteiger partial charge >= 0.3 is 0 Å². The van der Waals surface area contributed by atoms with Gasteiger partial charge in [0.25, 0.3) is 0 Å². The molecule has 17 heavy (non-hydrogen) atoms. The second-order valence-corrected chi connectivity index (χ2v) is 4.69. The van der Waals surface area contributed by atoms with Gasteiger partial charge in [-0.05, 0) is 18.4 Å². The van der Waals surface area contributed by atoms with Gasteiger partial charge in [-0.15, -0.1) is 0 Å². The van der Waals surface area contributed by atoms with E-state index in [1.165, 1.54) is 5.56 Å². The minimum atomic E-state index is -0.436. The number of benzene rings is 1. The van der Waals surface area contributed by atoms with Gasteiger partial charge in [0.05, 0.1) is 19.8 Å². The Bertz CT molecular complexity index is 351. The van der Waals surface area contributed by atoms with E-state index in [4.69, 9.17) is 14.2 Å². The van der Waals surface area contributed by atoms with Gasteiger partial charge in [-0.3, -0.25) is 0 Å². The third kappa shape index (κ3) is 2.23. The highest BCUT2D eigenvalue weighted by atomic mass is 16.8. The van der Waals surface area contributed by atoms with Gasteiger partial charge in [0.15, 0.2) is 5.79 Å². The predicted octanol–water partition coefficient (Wildman–Crippen LogP) is 2.50. The molecule has 0 amide bonds. The summed E-state index contributed by atoms with van der Waals surface area (Å²) in [6, 6.07) is 10.2. The average molecular weight is 234 g/mol. The lowest BCUT2D eigenvalue weighted by molar-refractivity contribution is -0.221. The molecular formula is C14H18O3. The number of rotatable bonds is 3. The van der Waals surface area contributed by atoms with Gasteiger partial charge in [-0.2, -0.15) is 0 Å². The van der Waals surface area contributed by atoms with Crippen molar-refractivity contribution in [1.29, 1.82) is 0 Å². The molecule has 1 unspecified atom stereocenters. The van der Waals surface area contributed by atoms with Crippen molar-refractivity contribution in [2.24, 2.45) is 0 Å². The molecule has 1 aliphatic heterocycles. The lowest BCUT2D eigenvalue weighted by Gasteiger charge is -2.29. The van der Waals surface area contributed by atoms with Crippen LogP contribution in [0.15, 0.2) is 30.3 Å². The molecule has 3 heteroatoms. The minimum absolute atomic E-state index is 0.0882. The Labute approximate surface area is 102 Å². The summed E-state index contributed by atoms with van der Waals surface area (Å²) in [5.41, 5.74) is 1.20. The van der Waals surface area contributed by atoms with Crippen LogP contribution >= 0.6 is 0 Å². The van der Waals surface area contributed by atoms with Gasteiger partial charge in [-0.1, -0.05) is 30.3 Å². The molecule has 0 radical (unpaired) electrons. The average Bonchev–Trinajstić information content (AvgIpc) is 3.00. The van der Waals surface area contributed by atoms with E-state index in [1.807, 2.05) is 18.2 Å². The van der Waals surface area contributed by atoms with E-state index in [9.17, 15) is 0 Å². The quantitative estimate of drug-likeness (QED) is 0.804. The van der Waals surface area contributed by atoms with Crippen LogP contribution in [-0.2, 0) is 20.8 Å². The molecule has 1 heterocycles. The second-order valence-electron chi connectivity index (χ2n) is 4.69. The zero-order valence-corrected chi connectivity index (χ0v) is 9.93. The molecule has 1 aromatic rings. The molecule has 0 N–H and O–H groups in total. The first-order valence-electron chi connectivity index (χ1n) is 6.32. The zero-order valence-electron chi connectivity index (χ0n) is 9.93. The third-order valence-electron chi connectivity index (χ3n) is 3.55. The summed E-state index contributed by atoms with van der Waals surface area (Å²) in [5.74, 6) is -0.436. The summed E-state index contributed by atoms with van der Waals surface area (Å²) in [6.07, 6.45) is 3.21. The van der Waals surface area contributed by atoms with Crippen molar-refractivity contribution in [3.8, 4) is 0 Å². The molecule has 0 bridgehead atoms. The Kier molecular flexibility index (Phi) is 3.14. The standard InChI is InChI=1S/C14H18O3/c1-2-5-12(6-3-1)11-15-13-7-4-8-14(13)16-9-10-17-14/h1-3,5-6,13H,4,7-11H2. The van der Waals surface area contributed by atoms with E-state index in [0.29, 0.717) is 19.8 Å². The van der Waals surface area contributed by atoms with Crippen LogP contribution in [0.1, 0.15) is 24.8 Å². The Morgan fingerprint density at radius 3 is 2.71 bits per heavy atom. The molecule has 1 spiro atoms. The molecule has 2 fully saturated rings. The van der Waals surface area contributed by atoms with Crippen LogP contribution in [0, 0.1) is 0 Å². The van der Waals surface area contributed by atoms with Crippen LogP contribution in [-0.4, -0.2) is 25.1 Å². The van der Waals surface area contributed by atoms with Crippen LogP contribution in [0.2, 0.25) is 0 Å². The Morgan fingerprint density at radius 1 is 1.18 bits per heavy atom. The number of hydrogen-bond acceptors (Lipinski definition) is 3. The van der Waals surface area contributed by atoms with Crippen molar-refractivity contribution in [1.82, 2.24) is 0 Å². The van der Waals surface area contributed by atoms with Crippen molar-refractivity contribution < 1.29 is 14.2 Å². The third-order valence-corrected chi connectivity index (χ3v) is 3.55. The van der Waals surface area contributed by atoms with E-state index >= 15 is 0 Å². The Balaban J connectivity index is 1.61. The van der Waals surface area contributed by atoms with Crippen molar-refractivity contribution in [2.75, 3.05) is 13.2 Å². The summed E-state index contributed by atoms with van der Waals surface area (Å²) < 4.78 is 17.5. The lowest BCUT2D eigenvalue weighted by atomic mass is 10.2. The first-order valence-corrected chi connectivity index (χ1v) is 6.32. The van der Waals surface area contributed by atoms with Crippen molar-refractivity contribution >= 4 is 0 Å². The molecule has 0 aromatic heterocycles. The van der Waals surface area contributed by atoms with Gasteiger partial charge in [-0.25, -0.2) is 0 Å². The summed E-state index contributed by atoms with van der Waals surface area (Å²) in [7, 11) is 0. The summed E-state index contributed by atoms with van der Waals surface area (Å²) in [6.45, 7) is 2.04. The second kappa shape index (κ2) is 4.77. The van der Waals surface area contributed by atoms with Crippen LogP contribution in [0.25, 0.3) is 0 Å². The van der Waals surface area contributed by atoms with E-state index in [2.05, 4.69) is 12.1 Å².